The molecular formula is C13H22N2O5S. The number of hydrogen-bond donors (Lipinski definition) is 2. The van der Waals surface area contributed by atoms with Gasteiger partial charge in [-0.2, -0.15) is 0 Å². The molecule has 0 radical (unpaired) electrons. The van der Waals surface area contributed by atoms with Crippen LogP contribution >= 0.6 is 0 Å². The molecule has 0 aromatic carbocycles. The summed E-state index contributed by atoms with van der Waals surface area (Å²) < 4.78 is 22.6. The fourth-order valence-corrected chi connectivity index (χ4v) is 4.22. The number of carbonyl (C=O) groups is 2. The van der Waals surface area contributed by atoms with Crippen molar-refractivity contribution < 1.29 is 23.1 Å². The number of hydrogen-bond acceptors (Lipinski definition) is 4. The minimum absolute atomic E-state index is 0.00159. The van der Waals surface area contributed by atoms with E-state index in [1.54, 1.807) is 0 Å². The Bertz CT molecular complexity index is 491. The van der Waals surface area contributed by atoms with Crippen molar-refractivity contribution in [2.75, 3.05) is 31.1 Å². The fourth-order valence-electron chi connectivity index (χ4n) is 3.02. The summed E-state index contributed by atoms with van der Waals surface area (Å²) in [5, 5.41) is 12.0. The Kier molecular flexibility index (Phi) is 5.08. The van der Waals surface area contributed by atoms with Gasteiger partial charge in [-0.05, 0) is 18.8 Å². The number of carbonyl (C=O) groups excluding carboxylic acids is 1. The molecular weight excluding hydrogens is 296 g/mol. The summed E-state index contributed by atoms with van der Waals surface area (Å²) in [5.41, 5.74) is 0. The second-order valence-corrected chi connectivity index (χ2v) is 8.12. The van der Waals surface area contributed by atoms with Gasteiger partial charge in [-0.1, -0.05) is 12.8 Å². The van der Waals surface area contributed by atoms with E-state index in [0.717, 1.165) is 19.3 Å². The highest BCUT2D eigenvalue weighted by Crippen LogP contribution is 2.29. The van der Waals surface area contributed by atoms with E-state index in [0.29, 0.717) is 13.0 Å². The normalized spacial score (nSPS) is 28.9. The highest BCUT2D eigenvalue weighted by Gasteiger charge is 2.31. The lowest BCUT2D eigenvalue weighted by Crippen LogP contribution is -2.49. The van der Waals surface area contributed by atoms with Crippen molar-refractivity contribution in [3.05, 3.63) is 0 Å². The lowest BCUT2D eigenvalue weighted by molar-refractivity contribution is -0.144. The van der Waals surface area contributed by atoms with Crippen molar-refractivity contribution in [1.29, 1.82) is 0 Å². The molecule has 2 rings (SSSR count). The molecule has 2 atom stereocenters. The predicted octanol–water partition coefficient (Wildman–Crippen LogP) is 0.317. The summed E-state index contributed by atoms with van der Waals surface area (Å²) >= 11 is 0. The maximum Gasteiger partial charge on any atom is 0.317 e. The van der Waals surface area contributed by atoms with Gasteiger partial charge in [-0.15, -0.1) is 0 Å². The zero-order valence-electron chi connectivity index (χ0n) is 12.0. The minimum atomic E-state index is -3.00. The summed E-state index contributed by atoms with van der Waals surface area (Å²) in [6.07, 6.45) is 3.39. The number of amides is 2. The molecule has 2 N–H and O–H groups in total. The molecule has 8 heteroatoms. The van der Waals surface area contributed by atoms with Gasteiger partial charge in [0.1, 0.15) is 0 Å². The van der Waals surface area contributed by atoms with Crippen molar-refractivity contribution in [2.24, 2.45) is 11.8 Å². The first-order valence-corrected chi connectivity index (χ1v) is 9.17. The molecule has 2 aliphatic rings. The van der Waals surface area contributed by atoms with Gasteiger partial charge in [0.2, 0.25) is 0 Å². The molecule has 2 unspecified atom stereocenters. The Hall–Kier alpha value is -1.31. The van der Waals surface area contributed by atoms with Gasteiger partial charge in [-0.3, -0.25) is 4.79 Å². The molecule has 120 valence electrons. The van der Waals surface area contributed by atoms with Crippen LogP contribution in [0.4, 0.5) is 4.79 Å². The molecule has 21 heavy (non-hydrogen) atoms. The van der Waals surface area contributed by atoms with Gasteiger partial charge >= 0.3 is 12.0 Å². The summed E-state index contributed by atoms with van der Waals surface area (Å²) in [6, 6.07) is -0.292. The summed E-state index contributed by atoms with van der Waals surface area (Å²) in [4.78, 5) is 24.7. The van der Waals surface area contributed by atoms with Gasteiger partial charge < -0.3 is 15.3 Å². The molecule has 1 heterocycles. The van der Waals surface area contributed by atoms with Crippen LogP contribution in [0.1, 0.15) is 25.7 Å². The summed E-state index contributed by atoms with van der Waals surface area (Å²) in [7, 11) is -3.00. The van der Waals surface area contributed by atoms with E-state index < -0.39 is 15.8 Å². The first kappa shape index (κ1) is 16.1. The number of nitrogens with one attached hydrogen (secondary N) is 1. The number of sulfone groups is 1. The number of nitrogens with zero attached hydrogens (tertiary/aromatic N) is 1. The topological polar surface area (TPSA) is 104 Å². The van der Waals surface area contributed by atoms with E-state index >= 15 is 0 Å². The molecule has 1 saturated carbocycles. The van der Waals surface area contributed by atoms with E-state index in [-0.39, 0.29) is 42.5 Å². The number of carboxylic acids is 1. The Morgan fingerprint density at radius 3 is 2.38 bits per heavy atom. The van der Waals surface area contributed by atoms with Gasteiger partial charge in [0.05, 0.1) is 17.4 Å². The summed E-state index contributed by atoms with van der Waals surface area (Å²) in [5.74, 6) is -1.21. The molecule has 0 bridgehead atoms. The number of urea groups is 1. The smallest absolute Gasteiger partial charge is 0.317 e. The van der Waals surface area contributed by atoms with E-state index in [9.17, 15) is 23.1 Å². The van der Waals surface area contributed by atoms with Crippen LogP contribution in [0.25, 0.3) is 0 Å². The largest absolute Gasteiger partial charge is 0.481 e. The highest BCUT2D eigenvalue weighted by atomic mass is 32.2. The molecule has 0 aromatic rings. The maximum absolute atomic E-state index is 12.0. The van der Waals surface area contributed by atoms with E-state index in [2.05, 4.69) is 5.32 Å². The zero-order valence-corrected chi connectivity index (χ0v) is 12.8. The van der Waals surface area contributed by atoms with Crippen LogP contribution in [-0.4, -0.2) is 61.6 Å². The van der Waals surface area contributed by atoms with Crippen molar-refractivity contribution in [2.45, 2.75) is 25.7 Å². The number of carboxylic acid groups (broad SMARTS) is 1. The second-order valence-electron chi connectivity index (χ2n) is 5.81. The van der Waals surface area contributed by atoms with Crippen LogP contribution < -0.4 is 5.32 Å². The molecule has 1 aliphatic heterocycles. The van der Waals surface area contributed by atoms with Gasteiger partial charge in [0.15, 0.2) is 9.84 Å². The third-order valence-electron chi connectivity index (χ3n) is 4.37. The van der Waals surface area contributed by atoms with Crippen molar-refractivity contribution >= 4 is 21.8 Å². The molecule has 1 saturated heterocycles. The van der Waals surface area contributed by atoms with Gasteiger partial charge in [0.25, 0.3) is 0 Å². The van der Waals surface area contributed by atoms with Gasteiger partial charge in [-0.25, -0.2) is 13.2 Å². The SMILES string of the molecule is O=C(O)C1CCCCC1CNC(=O)N1CCS(=O)(=O)CC1. The molecule has 0 spiro atoms. The fraction of sp³-hybridized carbons (Fsp3) is 0.846. The third kappa shape index (κ3) is 4.33. The zero-order chi connectivity index (χ0) is 15.5. The Balaban J connectivity index is 1.82. The van der Waals surface area contributed by atoms with Crippen LogP contribution in [0.3, 0.4) is 0 Å². The number of aliphatic carboxylic acids is 1. The van der Waals surface area contributed by atoms with Crippen molar-refractivity contribution in [3.63, 3.8) is 0 Å². The standard InChI is InChI=1S/C13H22N2O5S/c16-12(17)11-4-2-1-3-10(11)9-14-13(18)15-5-7-21(19,20)8-6-15/h10-11H,1-9H2,(H,14,18)(H,16,17). The average molecular weight is 318 g/mol. The Morgan fingerprint density at radius 1 is 1.14 bits per heavy atom. The lowest BCUT2D eigenvalue weighted by atomic mass is 9.79. The second kappa shape index (κ2) is 6.64. The molecule has 2 amide bonds. The van der Waals surface area contributed by atoms with E-state index in [1.807, 2.05) is 0 Å². The van der Waals surface area contributed by atoms with Crippen LogP contribution in [-0.2, 0) is 14.6 Å². The first-order valence-electron chi connectivity index (χ1n) is 7.35. The highest BCUT2D eigenvalue weighted by molar-refractivity contribution is 7.91. The number of rotatable bonds is 3. The monoisotopic (exact) mass is 318 g/mol. The summed E-state index contributed by atoms with van der Waals surface area (Å²) in [6.45, 7) is 0.765. The van der Waals surface area contributed by atoms with Crippen LogP contribution in [0.15, 0.2) is 0 Å². The van der Waals surface area contributed by atoms with Crippen molar-refractivity contribution in [3.8, 4) is 0 Å². The average Bonchev–Trinajstić information content (AvgIpc) is 2.45. The lowest BCUT2D eigenvalue weighted by Gasteiger charge is -2.31. The molecule has 7 nitrogen and oxygen atoms in total. The third-order valence-corrected chi connectivity index (χ3v) is 5.98. The minimum Gasteiger partial charge on any atom is -0.481 e. The molecule has 1 aliphatic carbocycles. The molecule has 2 fully saturated rings. The predicted molar refractivity (Wildman–Crippen MR) is 76.7 cm³/mol. The van der Waals surface area contributed by atoms with Crippen LogP contribution in [0.2, 0.25) is 0 Å². The van der Waals surface area contributed by atoms with Gasteiger partial charge in [0, 0.05) is 19.6 Å². The molecule has 0 aromatic heterocycles. The van der Waals surface area contributed by atoms with Crippen LogP contribution in [0.5, 0.6) is 0 Å². The van der Waals surface area contributed by atoms with E-state index in [1.165, 1.54) is 4.90 Å². The Labute approximate surface area is 124 Å². The van der Waals surface area contributed by atoms with Crippen molar-refractivity contribution in [1.82, 2.24) is 10.2 Å². The maximum atomic E-state index is 12.0. The van der Waals surface area contributed by atoms with Crippen LogP contribution in [0, 0.1) is 11.8 Å². The first-order chi connectivity index (χ1) is 9.89. The Morgan fingerprint density at radius 2 is 1.76 bits per heavy atom. The van der Waals surface area contributed by atoms with E-state index in [4.69, 9.17) is 0 Å². The quantitative estimate of drug-likeness (QED) is 0.780.